The molecular formula is C28H31N7O3. The first kappa shape index (κ1) is 25.5. The van der Waals surface area contributed by atoms with Gasteiger partial charge >= 0.3 is 6.03 Å². The van der Waals surface area contributed by atoms with Crippen LogP contribution in [0, 0.1) is 17.8 Å². The third-order valence-corrected chi connectivity index (χ3v) is 6.85. The molecule has 3 heterocycles. The second kappa shape index (κ2) is 11.1. The molecule has 2 saturated carbocycles. The van der Waals surface area contributed by atoms with Crippen LogP contribution >= 0.6 is 0 Å². The number of carbonyl (C=O) groups is 2. The summed E-state index contributed by atoms with van der Waals surface area (Å²) >= 11 is 0. The molecule has 0 radical (unpaired) electrons. The van der Waals surface area contributed by atoms with Crippen molar-refractivity contribution >= 4 is 35.6 Å². The Labute approximate surface area is 222 Å². The first-order chi connectivity index (χ1) is 18.4. The molecule has 0 bridgehead atoms. The molecule has 2 N–H and O–H groups in total. The smallest absolute Gasteiger partial charge is 0.328 e. The Morgan fingerprint density at radius 2 is 2.05 bits per heavy atom. The lowest BCUT2D eigenvalue weighted by Gasteiger charge is -2.34. The van der Waals surface area contributed by atoms with Crippen molar-refractivity contribution in [1.82, 2.24) is 19.8 Å². The molecule has 2 aliphatic carbocycles. The summed E-state index contributed by atoms with van der Waals surface area (Å²) in [6.07, 6.45) is 6.89. The minimum atomic E-state index is -0.436. The Morgan fingerprint density at radius 1 is 1.24 bits per heavy atom. The van der Waals surface area contributed by atoms with Crippen LogP contribution in [0.2, 0.25) is 0 Å². The number of aromatic nitrogens is 2. The van der Waals surface area contributed by atoms with Gasteiger partial charge in [0.1, 0.15) is 29.0 Å². The third kappa shape index (κ3) is 6.20. The van der Waals surface area contributed by atoms with E-state index in [2.05, 4.69) is 32.4 Å². The summed E-state index contributed by atoms with van der Waals surface area (Å²) in [5.74, 6) is 9.70. The molecule has 196 valence electrons. The van der Waals surface area contributed by atoms with Gasteiger partial charge in [-0.05, 0) is 38.8 Å². The minimum Gasteiger partial charge on any atom is -0.381 e. The quantitative estimate of drug-likeness (QED) is 0.330. The molecule has 38 heavy (non-hydrogen) atoms. The molecule has 2 aromatic rings. The fourth-order valence-electron chi connectivity index (χ4n) is 4.15. The predicted octanol–water partition coefficient (Wildman–Crippen LogP) is 2.76. The summed E-state index contributed by atoms with van der Waals surface area (Å²) in [5.41, 5.74) is 3.14. The second-order valence-corrected chi connectivity index (χ2v) is 10.1. The topological polar surface area (TPSA) is 111 Å². The van der Waals surface area contributed by atoms with E-state index in [1.165, 1.54) is 4.90 Å². The van der Waals surface area contributed by atoms with Crippen LogP contribution in [0.3, 0.4) is 0 Å². The zero-order valence-electron chi connectivity index (χ0n) is 21.7. The van der Waals surface area contributed by atoms with Crippen molar-refractivity contribution in [3.63, 3.8) is 0 Å². The lowest BCUT2D eigenvalue weighted by Crippen LogP contribution is -2.42. The van der Waals surface area contributed by atoms with Crippen LogP contribution in [0.15, 0.2) is 30.1 Å². The highest BCUT2D eigenvalue weighted by Crippen LogP contribution is 2.30. The van der Waals surface area contributed by atoms with Gasteiger partial charge in [-0.1, -0.05) is 17.9 Å². The van der Waals surface area contributed by atoms with Crippen LogP contribution in [-0.2, 0) is 11.3 Å². The van der Waals surface area contributed by atoms with Gasteiger partial charge in [0.05, 0.1) is 11.3 Å². The van der Waals surface area contributed by atoms with Crippen molar-refractivity contribution in [2.24, 2.45) is 5.92 Å². The van der Waals surface area contributed by atoms with Gasteiger partial charge < -0.3 is 10.2 Å². The van der Waals surface area contributed by atoms with Gasteiger partial charge in [-0.3, -0.25) is 19.9 Å². The van der Waals surface area contributed by atoms with E-state index in [4.69, 9.17) is 0 Å². The molecule has 0 unspecified atom stereocenters. The van der Waals surface area contributed by atoms with Crippen LogP contribution in [0.4, 0.5) is 22.1 Å². The van der Waals surface area contributed by atoms with Gasteiger partial charge in [-0.25, -0.2) is 19.6 Å². The van der Waals surface area contributed by atoms with E-state index < -0.39 is 6.03 Å². The molecule has 0 atom stereocenters. The Kier molecular flexibility index (Phi) is 7.40. The lowest BCUT2D eigenvalue weighted by molar-refractivity contribution is 0.111. The fraction of sp³-hybridized carbons (Fsp3) is 0.429. The number of rotatable bonds is 7. The number of nitrogens with zero attached hydrogens (tertiary/aromatic N) is 5. The predicted molar refractivity (Wildman–Crippen MR) is 145 cm³/mol. The number of urea groups is 1. The van der Waals surface area contributed by atoms with E-state index in [0.717, 1.165) is 43.5 Å². The summed E-state index contributed by atoms with van der Waals surface area (Å²) in [4.78, 5) is 50.4. The highest BCUT2D eigenvalue weighted by Gasteiger charge is 2.24. The number of pyridine rings is 2. The van der Waals surface area contributed by atoms with E-state index in [0.29, 0.717) is 60.8 Å². The number of hydrogen-bond donors (Lipinski definition) is 2. The van der Waals surface area contributed by atoms with E-state index in [-0.39, 0.29) is 5.69 Å². The summed E-state index contributed by atoms with van der Waals surface area (Å²) in [5, 5.41) is 6.29. The second-order valence-electron chi connectivity index (χ2n) is 10.1. The molecule has 0 aromatic carbocycles. The number of piperazine rings is 1. The Morgan fingerprint density at radius 3 is 2.76 bits per heavy atom. The molecule has 1 saturated heterocycles. The first-order valence-corrected chi connectivity index (χ1v) is 12.9. The van der Waals surface area contributed by atoms with Gasteiger partial charge in [0.15, 0.2) is 6.29 Å². The van der Waals surface area contributed by atoms with Crippen LogP contribution in [0.5, 0.6) is 0 Å². The number of aldehydes is 1. The van der Waals surface area contributed by atoms with E-state index >= 15 is 0 Å². The number of amides is 2. The van der Waals surface area contributed by atoms with Crippen molar-refractivity contribution < 1.29 is 14.4 Å². The van der Waals surface area contributed by atoms with Crippen molar-refractivity contribution in [2.45, 2.75) is 38.3 Å². The Balaban J connectivity index is 1.28. The Hall–Kier alpha value is -4.19. The summed E-state index contributed by atoms with van der Waals surface area (Å²) in [6, 6.07) is 5.25. The largest absolute Gasteiger partial charge is 0.381 e. The van der Waals surface area contributed by atoms with Crippen LogP contribution in [0.25, 0.3) is 0 Å². The highest BCUT2D eigenvalue weighted by molar-refractivity contribution is 6.00. The van der Waals surface area contributed by atoms with Crippen LogP contribution < -0.4 is 15.5 Å². The maximum atomic E-state index is 13.0. The number of nitrogens with one attached hydrogen (secondary N) is 2. The molecule has 10 nitrogen and oxygen atoms in total. The van der Waals surface area contributed by atoms with E-state index in [1.807, 2.05) is 28.9 Å². The number of likely N-dealkylation sites (N-methyl/N-ethyl adjacent to an activating group) is 1. The minimum absolute atomic E-state index is 0.221. The van der Waals surface area contributed by atoms with Gasteiger partial charge in [0.25, 0.3) is 0 Å². The van der Waals surface area contributed by atoms with Gasteiger partial charge in [-0.15, -0.1) is 0 Å². The van der Waals surface area contributed by atoms with Gasteiger partial charge in [0.2, 0.25) is 0 Å². The maximum Gasteiger partial charge on any atom is 0.328 e. The van der Waals surface area contributed by atoms with Gasteiger partial charge in [-0.2, -0.15) is 0 Å². The fourth-order valence-corrected chi connectivity index (χ4v) is 4.15. The maximum absolute atomic E-state index is 13.0. The zero-order valence-corrected chi connectivity index (χ0v) is 21.7. The van der Waals surface area contributed by atoms with Crippen molar-refractivity contribution in [1.29, 1.82) is 0 Å². The van der Waals surface area contributed by atoms with E-state index in [9.17, 15) is 14.4 Å². The average molecular weight is 514 g/mol. The van der Waals surface area contributed by atoms with E-state index in [1.54, 1.807) is 25.4 Å². The summed E-state index contributed by atoms with van der Waals surface area (Å²) in [7, 11) is 3.53. The average Bonchev–Trinajstić information content (AvgIpc) is 3.85. The number of carbonyl (C=O) groups excluding carboxylic acids is 3. The molecule has 1 aliphatic heterocycles. The third-order valence-electron chi connectivity index (χ3n) is 6.85. The molecule has 3 fully saturated rings. The highest BCUT2D eigenvalue weighted by atomic mass is 16.2. The molecule has 2 amide bonds. The lowest BCUT2D eigenvalue weighted by atomic mass is 10.1. The Bertz CT molecular complexity index is 1350. The molecule has 10 heteroatoms. The van der Waals surface area contributed by atoms with Crippen molar-refractivity contribution in [2.75, 3.05) is 49.3 Å². The molecule has 2 aromatic heterocycles. The molecule has 5 rings (SSSR count). The number of anilines is 3. The summed E-state index contributed by atoms with van der Waals surface area (Å²) in [6.45, 7) is 2.33. The normalized spacial score (nSPS) is 17.2. The molecule has 0 spiro atoms. The summed E-state index contributed by atoms with van der Waals surface area (Å²) < 4.78 is 0. The zero-order chi connectivity index (χ0) is 26.6. The van der Waals surface area contributed by atoms with Gasteiger partial charge in [0, 0.05) is 63.0 Å². The van der Waals surface area contributed by atoms with Crippen LogP contribution in [0.1, 0.15) is 47.3 Å². The SMILES string of the molecule is CN1CCN(Cc2ccc(N(C)C(=O)Nc3cc(NC4CC4)c(C#CC4CC4)cn3)nc2C=O)C(=C=O)C1. The van der Waals surface area contributed by atoms with Crippen molar-refractivity contribution in [3.8, 4) is 11.8 Å². The van der Waals surface area contributed by atoms with Crippen LogP contribution in [-0.4, -0.2) is 77.8 Å². The standard InChI is InChI=1S/C28H31N7O3/c1-33-11-12-35(23(16-33)17-36)15-21-7-10-27(31-25(21)18-37)34(2)28(38)32-26-13-24(30-22-8-9-22)20(14-29-26)6-5-19-3-4-19/h7,10,13-14,18-19,22H,3-4,8-9,11-12,15-16H2,1-2H3,(H2,29,30,32,38). The molecule has 3 aliphatic rings. The first-order valence-electron chi connectivity index (χ1n) is 12.9. The van der Waals surface area contributed by atoms with Crippen molar-refractivity contribution in [3.05, 3.63) is 46.9 Å². The molecular weight excluding hydrogens is 482 g/mol. The monoisotopic (exact) mass is 513 g/mol. The number of hydrogen-bond acceptors (Lipinski definition) is 8.